The van der Waals surface area contributed by atoms with Crippen molar-refractivity contribution in [2.24, 2.45) is 0 Å². The lowest BCUT2D eigenvalue weighted by atomic mass is 10.3. The lowest BCUT2D eigenvalue weighted by molar-refractivity contribution is -0.286. The van der Waals surface area contributed by atoms with E-state index in [1.165, 1.54) is 36.0 Å². The van der Waals surface area contributed by atoms with E-state index in [0.29, 0.717) is 5.03 Å². The molecule has 2 aromatic rings. The average Bonchev–Trinajstić information content (AvgIpc) is 2.92. The molecule has 1 aromatic carbocycles. The van der Waals surface area contributed by atoms with E-state index in [4.69, 9.17) is 4.74 Å². The minimum atomic E-state index is -3.74. The minimum absolute atomic E-state index is 0.138. The summed E-state index contributed by atoms with van der Waals surface area (Å²) in [4.78, 5) is 28.0. The molecule has 1 N–H and O–H groups in total. The van der Waals surface area contributed by atoms with Gasteiger partial charge in [-0.15, -0.1) is 20.5 Å². The summed E-state index contributed by atoms with van der Waals surface area (Å²) in [6.07, 6.45) is -0.438. The molecule has 0 atom stereocenters. The first-order valence-corrected chi connectivity index (χ1v) is 8.46. The number of nitrogens with zero attached hydrogens (tertiary/aromatic N) is 1. The molecule has 26 heavy (non-hydrogen) atoms. The molecule has 0 bridgehead atoms. The van der Waals surface area contributed by atoms with Crippen molar-refractivity contribution in [1.29, 1.82) is 0 Å². The largest absolute Gasteiger partial charge is 0.586 e. The third kappa shape index (κ3) is 4.02. The van der Waals surface area contributed by atoms with Crippen molar-refractivity contribution in [3.8, 4) is 11.5 Å². The summed E-state index contributed by atoms with van der Waals surface area (Å²) >= 11 is 1.27. The molecule has 1 aliphatic rings. The van der Waals surface area contributed by atoms with Gasteiger partial charge in [-0.05, 0) is 30.5 Å². The van der Waals surface area contributed by atoms with Crippen molar-refractivity contribution in [3.05, 3.63) is 42.1 Å². The molecule has 136 valence electrons. The van der Waals surface area contributed by atoms with Crippen molar-refractivity contribution >= 4 is 29.3 Å². The van der Waals surface area contributed by atoms with E-state index in [1.807, 2.05) is 0 Å². The van der Waals surface area contributed by atoms with Gasteiger partial charge in [-0.2, -0.15) is 0 Å². The molecule has 0 saturated carbocycles. The predicted molar refractivity (Wildman–Crippen MR) is 87.6 cm³/mol. The molecule has 0 radical (unpaired) electrons. The van der Waals surface area contributed by atoms with Crippen molar-refractivity contribution < 1.29 is 32.6 Å². The van der Waals surface area contributed by atoms with E-state index in [-0.39, 0.29) is 22.7 Å². The van der Waals surface area contributed by atoms with E-state index >= 15 is 0 Å². The number of carbonyl (C=O) groups excluding carboxylic acids is 2. The monoisotopic (exact) mass is 382 g/mol. The summed E-state index contributed by atoms with van der Waals surface area (Å²) in [6, 6.07) is 6.90. The van der Waals surface area contributed by atoms with Crippen LogP contribution in [0.3, 0.4) is 0 Å². The molecular formula is C16H12F2N2O5S. The highest BCUT2D eigenvalue weighted by Gasteiger charge is 2.43. The zero-order chi connectivity index (χ0) is 18.7. The van der Waals surface area contributed by atoms with Gasteiger partial charge in [0.1, 0.15) is 5.03 Å². The van der Waals surface area contributed by atoms with Gasteiger partial charge in [-0.3, -0.25) is 4.79 Å². The second-order valence-corrected chi connectivity index (χ2v) is 5.81. The molecule has 0 fully saturated rings. The number of hydrogen-bond donors (Lipinski definition) is 1. The predicted octanol–water partition coefficient (Wildman–Crippen LogP) is 2.92. The van der Waals surface area contributed by atoms with Crippen LogP contribution in [0.4, 0.5) is 14.5 Å². The van der Waals surface area contributed by atoms with E-state index in [2.05, 4.69) is 19.8 Å². The maximum absolute atomic E-state index is 13.0. The number of aromatic nitrogens is 1. The van der Waals surface area contributed by atoms with Gasteiger partial charge in [0.2, 0.25) is 0 Å². The van der Waals surface area contributed by atoms with Gasteiger partial charge in [0.15, 0.2) is 18.1 Å². The first kappa shape index (κ1) is 17.9. The van der Waals surface area contributed by atoms with Crippen LogP contribution in [-0.4, -0.2) is 36.0 Å². The van der Waals surface area contributed by atoms with Crippen LogP contribution in [-0.2, 0) is 9.53 Å². The molecule has 7 nitrogen and oxygen atoms in total. The Morgan fingerprint density at radius 3 is 2.81 bits per heavy atom. The molecule has 0 aliphatic carbocycles. The van der Waals surface area contributed by atoms with Crippen LogP contribution in [0.15, 0.2) is 41.6 Å². The first-order chi connectivity index (χ1) is 12.4. The summed E-state index contributed by atoms with van der Waals surface area (Å²) in [5.74, 6) is -1.67. The number of hydrogen-bond acceptors (Lipinski definition) is 7. The summed E-state index contributed by atoms with van der Waals surface area (Å²) in [5, 5.41) is 2.90. The van der Waals surface area contributed by atoms with E-state index in [9.17, 15) is 18.4 Å². The smallest absolute Gasteiger partial charge is 0.452 e. The van der Waals surface area contributed by atoms with Gasteiger partial charge in [-0.1, -0.05) is 0 Å². The van der Waals surface area contributed by atoms with E-state index in [1.54, 1.807) is 18.5 Å². The van der Waals surface area contributed by atoms with Gasteiger partial charge in [0.25, 0.3) is 5.91 Å². The Hall–Kier alpha value is -2.88. The topological polar surface area (TPSA) is 86.8 Å². The van der Waals surface area contributed by atoms with Crippen LogP contribution < -0.4 is 14.8 Å². The molecule has 2 heterocycles. The highest BCUT2D eigenvalue weighted by molar-refractivity contribution is 7.98. The Morgan fingerprint density at radius 1 is 1.27 bits per heavy atom. The number of benzene rings is 1. The number of anilines is 1. The Bertz CT molecular complexity index is 862. The summed E-state index contributed by atoms with van der Waals surface area (Å²) < 4.78 is 39.4. The van der Waals surface area contributed by atoms with Gasteiger partial charge in [-0.25, -0.2) is 9.78 Å². The Balaban J connectivity index is 1.58. The first-order valence-electron chi connectivity index (χ1n) is 7.24. The Morgan fingerprint density at radius 2 is 2.04 bits per heavy atom. The molecule has 0 saturated heterocycles. The molecule has 0 unspecified atom stereocenters. The Kier molecular flexibility index (Phi) is 4.94. The minimum Gasteiger partial charge on any atom is -0.452 e. The van der Waals surface area contributed by atoms with Crippen LogP contribution in [0.5, 0.6) is 11.5 Å². The maximum atomic E-state index is 13.0. The molecule has 1 aliphatic heterocycles. The SMILES string of the molecule is CSc1ncccc1C(=O)OCC(=O)Nc1ccc2c(c1)OC(F)(F)O2. The van der Waals surface area contributed by atoms with Gasteiger partial charge < -0.3 is 19.5 Å². The van der Waals surface area contributed by atoms with Gasteiger partial charge >= 0.3 is 12.3 Å². The molecule has 0 spiro atoms. The molecular weight excluding hydrogens is 370 g/mol. The quantitative estimate of drug-likeness (QED) is 0.628. The van der Waals surface area contributed by atoms with Crippen LogP contribution in [0, 0.1) is 0 Å². The number of rotatable bonds is 5. The molecule has 3 rings (SSSR count). The number of ether oxygens (including phenoxy) is 3. The fourth-order valence-electron chi connectivity index (χ4n) is 2.14. The maximum Gasteiger partial charge on any atom is 0.586 e. The number of fused-ring (bicyclic) bond motifs is 1. The average molecular weight is 382 g/mol. The normalized spacial score (nSPS) is 14.0. The highest BCUT2D eigenvalue weighted by Crippen LogP contribution is 2.42. The van der Waals surface area contributed by atoms with Crippen LogP contribution in [0.1, 0.15) is 10.4 Å². The summed E-state index contributed by atoms with van der Waals surface area (Å²) in [5.41, 5.74) is 0.440. The molecule has 1 amide bonds. The van der Waals surface area contributed by atoms with Crippen molar-refractivity contribution in [1.82, 2.24) is 4.98 Å². The highest BCUT2D eigenvalue weighted by atomic mass is 32.2. The second kappa shape index (κ2) is 7.16. The number of halogens is 2. The lowest BCUT2D eigenvalue weighted by Gasteiger charge is -2.08. The molecule has 1 aromatic heterocycles. The third-order valence-electron chi connectivity index (χ3n) is 3.20. The fraction of sp³-hybridized carbons (Fsp3) is 0.188. The number of thioether (sulfide) groups is 1. The van der Waals surface area contributed by atoms with Crippen molar-refractivity contribution in [2.45, 2.75) is 11.3 Å². The van der Waals surface area contributed by atoms with Gasteiger partial charge in [0.05, 0.1) is 5.56 Å². The zero-order valence-corrected chi connectivity index (χ0v) is 14.1. The van der Waals surface area contributed by atoms with Crippen LogP contribution in [0.25, 0.3) is 0 Å². The van der Waals surface area contributed by atoms with E-state index < -0.39 is 24.8 Å². The number of esters is 1. The Labute approximate surface area is 150 Å². The summed E-state index contributed by atoms with van der Waals surface area (Å²) in [6.45, 7) is -0.549. The third-order valence-corrected chi connectivity index (χ3v) is 3.92. The number of amides is 1. The van der Waals surface area contributed by atoms with Crippen molar-refractivity contribution in [2.75, 3.05) is 18.2 Å². The van der Waals surface area contributed by atoms with Crippen LogP contribution in [0.2, 0.25) is 0 Å². The van der Waals surface area contributed by atoms with Crippen molar-refractivity contribution in [3.63, 3.8) is 0 Å². The van der Waals surface area contributed by atoms with Crippen LogP contribution >= 0.6 is 11.8 Å². The number of pyridine rings is 1. The second-order valence-electron chi connectivity index (χ2n) is 5.01. The molecule has 10 heteroatoms. The summed E-state index contributed by atoms with van der Waals surface area (Å²) in [7, 11) is 0. The van der Waals surface area contributed by atoms with E-state index in [0.717, 1.165) is 0 Å². The zero-order valence-electron chi connectivity index (χ0n) is 13.3. The standard InChI is InChI=1S/C16H12F2N2O5S/c1-26-14-10(3-2-6-19-14)15(22)23-8-13(21)20-9-4-5-11-12(7-9)25-16(17,18)24-11/h2-7H,8H2,1H3,(H,20,21). The lowest BCUT2D eigenvalue weighted by Crippen LogP contribution is -2.25. The number of alkyl halides is 2. The van der Waals surface area contributed by atoms with Gasteiger partial charge in [0, 0.05) is 18.0 Å². The fourth-order valence-corrected chi connectivity index (χ4v) is 2.68. The number of carbonyl (C=O) groups is 2. The number of nitrogens with one attached hydrogen (secondary N) is 1.